The highest BCUT2D eigenvalue weighted by molar-refractivity contribution is 5.99. The van der Waals surface area contributed by atoms with Gasteiger partial charge in [0.15, 0.2) is 0 Å². The van der Waals surface area contributed by atoms with Crippen molar-refractivity contribution < 1.29 is 14.3 Å². The summed E-state index contributed by atoms with van der Waals surface area (Å²) in [5, 5.41) is 4.16. The molecule has 3 rings (SSSR count). The van der Waals surface area contributed by atoms with Crippen molar-refractivity contribution in [3.8, 4) is 11.1 Å². The molecule has 0 spiro atoms. The lowest BCUT2D eigenvalue weighted by Gasteiger charge is -2.33. The molecule has 1 fully saturated rings. The Morgan fingerprint density at radius 2 is 1.74 bits per heavy atom. The third-order valence-electron chi connectivity index (χ3n) is 4.95. The molecule has 27 heavy (non-hydrogen) atoms. The lowest BCUT2D eigenvalue weighted by atomic mass is 9.95. The molecule has 0 saturated carbocycles. The summed E-state index contributed by atoms with van der Waals surface area (Å²) in [6, 6.07) is 18.3. The van der Waals surface area contributed by atoms with Crippen LogP contribution in [0.1, 0.15) is 32.8 Å². The Bertz CT molecular complexity index is 777. The van der Waals surface area contributed by atoms with Gasteiger partial charge in [0.1, 0.15) is 6.10 Å². The van der Waals surface area contributed by atoms with E-state index in [1.165, 1.54) is 5.56 Å². The second kappa shape index (κ2) is 8.82. The molecule has 1 amide bonds. The summed E-state index contributed by atoms with van der Waals surface area (Å²) in [6.45, 7) is 6.56. The minimum absolute atomic E-state index is 0.102. The van der Waals surface area contributed by atoms with Crippen LogP contribution in [0.3, 0.4) is 0 Å². The second-order valence-corrected chi connectivity index (χ2v) is 6.96. The molecular weight excluding hydrogens is 340 g/mol. The summed E-state index contributed by atoms with van der Waals surface area (Å²) in [4.78, 5) is 12.1. The van der Waals surface area contributed by atoms with Crippen molar-refractivity contribution in [2.45, 2.75) is 39.4 Å². The van der Waals surface area contributed by atoms with Crippen LogP contribution in [0, 0.1) is 5.92 Å². The highest BCUT2D eigenvalue weighted by Crippen LogP contribution is 2.23. The van der Waals surface area contributed by atoms with E-state index in [9.17, 15) is 4.79 Å². The van der Waals surface area contributed by atoms with Gasteiger partial charge >= 0.3 is 6.09 Å². The van der Waals surface area contributed by atoms with Crippen LogP contribution in [0.25, 0.3) is 11.1 Å². The van der Waals surface area contributed by atoms with Crippen LogP contribution in [-0.2, 0) is 9.47 Å². The number of hydrogen-bond acceptors (Lipinski definition) is 4. The normalized spacial score (nSPS) is 22.9. The highest BCUT2D eigenvalue weighted by atomic mass is 16.6. The zero-order chi connectivity index (χ0) is 19.2. The number of benzene rings is 2. The van der Waals surface area contributed by atoms with E-state index in [2.05, 4.69) is 29.6 Å². The maximum Gasteiger partial charge on any atom is 0.428 e. The van der Waals surface area contributed by atoms with Gasteiger partial charge in [-0.1, -0.05) is 61.5 Å². The van der Waals surface area contributed by atoms with Gasteiger partial charge in [-0.05, 0) is 42.9 Å². The van der Waals surface area contributed by atoms with E-state index in [0.29, 0.717) is 12.3 Å². The van der Waals surface area contributed by atoms with E-state index in [0.717, 1.165) is 17.5 Å². The van der Waals surface area contributed by atoms with E-state index in [4.69, 9.17) is 9.47 Å². The molecule has 1 heterocycles. The van der Waals surface area contributed by atoms with Crippen molar-refractivity contribution in [2.24, 2.45) is 11.0 Å². The largest absolute Gasteiger partial charge is 0.442 e. The van der Waals surface area contributed by atoms with E-state index < -0.39 is 6.09 Å². The fourth-order valence-corrected chi connectivity index (χ4v) is 3.25. The van der Waals surface area contributed by atoms with Crippen molar-refractivity contribution in [1.82, 2.24) is 5.43 Å². The van der Waals surface area contributed by atoms with Gasteiger partial charge < -0.3 is 9.47 Å². The average Bonchev–Trinajstić information content (AvgIpc) is 2.70. The minimum Gasteiger partial charge on any atom is -0.442 e. The van der Waals surface area contributed by atoms with Crippen LogP contribution in [0.4, 0.5) is 4.79 Å². The first-order valence-electron chi connectivity index (χ1n) is 9.33. The SMILES string of the molecule is CC(=NNC(=O)OC1C(C)CCOC1C)c1ccc(-c2ccccc2)cc1. The van der Waals surface area contributed by atoms with Crippen LogP contribution in [-0.4, -0.2) is 30.6 Å². The molecule has 1 saturated heterocycles. The van der Waals surface area contributed by atoms with Crippen LogP contribution in [0.5, 0.6) is 0 Å². The Hall–Kier alpha value is -2.66. The van der Waals surface area contributed by atoms with Gasteiger partial charge in [0.2, 0.25) is 0 Å². The minimum atomic E-state index is -0.551. The Kier molecular flexibility index (Phi) is 6.24. The van der Waals surface area contributed by atoms with E-state index in [-0.39, 0.29) is 18.1 Å². The molecule has 2 aromatic rings. The molecule has 1 aliphatic heterocycles. The van der Waals surface area contributed by atoms with Gasteiger partial charge in [0, 0.05) is 6.61 Å². The van der Waals surface area contributed by atoms with Crippen molar-refractivity contribution in [1.29, 1.82) is 0 Å². The smallest absolute Gasteiger partial charge is 0.428 e. The third-order valence-corrected chi connectivity index (χ3v) is 4.95. The average molecular weight is 366 g/mol. The van der Waals surface area contributed by atoms with Crippen LogP contribution in [0.15, 0.2) is 59.7 Å². The van der Waals surface area contributed by atoms with Crippen molar-refractivity contribution in [2.75, 3.05) is 6.61 Å². The van der Waals surface area contributed by atoms with Crippen LogP contribution >= 0.6 is 0 Å². The molecule has 3 unspecified atom stereocenters. The van der Waals surface area contributed by atoms with Crippen molar-refractivity contribution >= 4 is 11.8 Å². The number of nitrogens with one attached hydrogen (secondary N) is 1. The third kappa shape index (κ3) is 4.95. The number of ether oxygens (including phenoxy) is 2. The molecular formula is C22H26N2O3. The molecule has 2 aromatic carbocycles. The number of rotatable bonds is 4. The van der Waals surface area contributed by atoms with Gasteiger partial charge in [0.25, 0.3) is 0 Å². The lowest BCUT2D eigenvalue weighted by molar-refractivity contribution is -0.0950. The number of amides is 1. The zero-order valence-electron chi connectivity index (χ0n) is 16.0. The summed E-state index contributed by atoms with van der Waals surface area (Å²) in [6.07, 6.45) is -0.0165. The van der Waals surface area contributed by atoms with Gasteiger partial charge in [-0.2, -0.15) is 5.10 Å². The highest BCUT2D eigenvalue weighted by Gasteiger charge is 2.31. The molecule has 0 aromatic heterocycles. The first-order chi connectivity index (χ1) is 13.0. The summed E-state index contributed by atoms with van der Waals surface area (Å²) in [7, 11) is 0. The Balaban J connectivity index is 1.59. The molecule has 142 valence electrons. The second-order valence-electron chi connectivity index (χ2n) is 6.96. The molecule has 0 aliphatic carbocycles. The number of hydrazone groups is 1. The van der Waals surface area contributed by atoms with Gasteiger partial charge in [-0.15, -0.1) is 0 Å². The molecule has 5 heteroatoms. The zero-order valence-corrected chi connectivity index (χ0v) is 16.0. The Morgan fingerprint density at radius 1 is 1.07 bits per heavy atom. The summed E-state index contributed by atoms with van der Waals surface area (Å²) < 4.78 is 11.1. The molecule has 1 aliphatic rings. The maximum absolute atomic E-state index is 12.1. The van der Waals surface area contributed by atoms with E-state index in [1.807, 2.05) is 56.3 Å². The molecule has 5 nitrogen and oxygen atoms in total. The lowest BCUT2D eigenvalue weighted by Crippen LogP contribution is -2.42. The molecule has 3 atom stereocenters. The monoisotopic (exact) mass is 366 g/mol. The summed E-state index contributed by atoms with van der Waals surface area (Å²) in [5.41, 5.74) is 6.45. The molecule has 0 radical (unpaired) electrons. The van der Waals surface area contributed by atoms with E-state index >= 15 is 0 Å². The number of carbonyl (C=O) groups excluding carboxylic acids is 1. The van der Waals surface area contributed by atoms with Crippen molar-refractivity contribution in [3.63, 3.8) is 0 Å². The predicted molar refractivity (Wildman–Crippen MR) is 107 cm³/mol. The maximum atomic E-state index is 12.1. The van der Waals surface area contributed by atoms with Gasteiger partial charge in [0.05, 0.1) is 11.8 Å². The number of nitrogens with zero attached hydrogens (tertiary/aromatic N) is 1. The summed E-state index contributed by atoms with van der Waals surface area (Å²) >= 11 is 0. The fourth-order valence-electron chi connectivity index (χ4n) is 3.25. The van der Waals surface area contributed by atoms with Crippen LogP contribution < -0.4 is 5.43 Å². The molecule has 0 bridgehead atoms. The first-order valence-corrected chi connectivity index (χ1v) is 9.33. The number of hydrogen-bond donors (Lipinski definition) is 1. The topological polar surface area (TPSA) is 59.9 Å². The fraction of sp³-hybridized carbons (Fsp3) is 0.364. The Labute approximate surface area is 160 Å². The standard InChI is InChI=1S/C22H26N2O3/c1-15-13-14-26-17(3)21(15)27-22(25)24-23-16(2)18-9-11-20(12-10-18)19-7-5-4-6-8-19/h4-12,15,17,21H,13-14H2,1-3H3,(H,24,25). The van der Waals surface area contributed by atoms with E-state index in [1.54, 1.807) is 0 Å². The van der Waals surface area contributed by atoms with Crippen LogP contribution in [0.2, 0.25) is 0 Å². The van der Waals surface area contributed by atoms with Gasteiger partial charge in [-0.3, -0.25) is 0 Å². The molecule has 1 N–H and O–H groups in total. The first kappa shape index (κ1) is 19.1. The summed E-state index contributed by atoms with van der Waals surface area (Å²) in [5.74, 6) is 0.273. The predicted octanol–water partition coefficient (Wildman–Crippen LogP) is 4.62. The number of carbonyl (C=O) groups is 1. The van der Waals surface area contributed by atoms with Gasteiger partial charge in [-0.25, -0.2) is 10.2 Å². The van der Waals surface area contributed by atoms with Crippen molar-refractivity contribution in [3.05, 3.63) is 60.2 Å². The Morgan fingerprint density at radius 3 is 2.41 bits per heavy atom. The quantitative estimate of drug-likeness (QED) is 0.634.